The number of allylic oxidation sites excluding steroid dienone is 4. The summed E-state index contributed by atoms with van der Waals surface area (Å²) in [5.74, 6) is 0. The van der Waals surface area contributed by atoms with Crippen molar-refractivity contribution in [2.45, 2.75) is 19.3 Å². The summed E-state index contributed by atoms with van der Waals surface area (Å²) in [7, 11) is 0. The lowest BCUT2D eigenvalue weighted by molar-refractivity contribution is 1.23. The highest BCUT2D eigenvalue weighted by atomic mass is 13.9. The summed E-state index contributed by atoms with van der Waals surface area (Å²) in [6.45, 7) is 3.74. The molecule has 0 aliphatic rings. The first-order valence-electron chi connectivity index (χ1n) is 5.06. The summed E-state index contributed by atoms with van der Waals surface area (Å²) in [5, 5.41) is 0. The van der Waals surface area contributed by atoms with E-state index in [1.165, 1.54) is 5.56 Å². The molecule has 0 unspecified atom stereocenters. The Balaban J connectivity index is 2.24. The minimum atomic E-state index is 0.881. The zero-order valence-electron chi connectivity index (χ0n) is 8.52. The SMILES string of the molecule is [CH2]C/C=C/C/C=C/Cc1ccccc1. The van der Waals surface area contributed by atoms with Crippen LogP contribution in [0.2, 0.25) is 0 Å². The van der Waals surface area contributed by atoms with E-state index >= 15 is 0 Å². The van der Waals surface area contributed by atoms with Crippen molar-refractivity contribution in [3.8, 4) is 0 Å². The molecular weight excluding hydrogens is 168 g/mol. The summed E-state index contributed by atoms with van der Waals surface area (Å²) < 4.78 is 0. The third-order valence-corrected chi connectivity index (χ3v) is 1.97. The van der Waals surface area contributed by atoms with Crippen molar-refractivity contribution < 1.29 is 0 Å². The third kappa shape index (κ3) is 4.66. The van der Waals surface area contributed by atoms with Gasteiger partial charge in [-0.05, 0) is 31.7 Å². The highest BCUT2D eigenvalue weighted by molar-refractivity contribution is 5.17. The van der Waals surface area contributed by atoms with Gasteiger partial charge in [-0.3, -0.25) is 0 Å². The predicted octanol–water partition coefficient (Wildman–Crippen LogP) is 3.96. The minimum Gasteiger partial charge on any atom is -0.0882 e. The van der Waals surface area contributed by atoms with Gasteiger partial charge in [-0.2, -0.15) is 0 Å². The van der Waals surface area contributed by atoms with Crippen LogP contribution < -0.4 is 0 Å². The van der Waals surface area contributed by atoms with E-state index in [2.05, 4.69) is 55.5 Å². The summed E-state index contributed by atoms with van der Waals surface area (Å²) in [6, 6.07) is 10.5. The van der Waals surface area contributed by atoms with Crippen LogP contribution in [0.5, 0.6) is 0 Å². The van der Waals surface area contributed by atoms with Crippen molar-refractivity contribution >= 4 is 0 Å². The predicted molar refractivity (Wildman–Crippen MR) is 63.0 cm³/mol. The Hall–Kier alpha value is -1.30. The molecule has 1 radical (unpaired) electrons. The number of hydrogen-bond acceptors (Lipinski definition) is 0. The van der Waals surface area contributed by atoms with Crippen LogP contribution in [0.1, 0.15) is 18.4 Å². The molecule has 0 fully saturated rings. The average molecular weight is 185 g/mol. The second-order valence-corrected chi connectivity index (χ2v) is 3.16. The van der Waals surface area contributed by atoms with Crippen molar-refractivity contribution in [2.75, 3.05) is 0 Å². The van der Waals surface area contributed by atoms with Crippen LogP contribution in [0.15, 0.2) is 54.6 Å². The molecule has 0 amide bonds. The van der Waals surface area contributed by atoms with Crippen molar-refractivity contribution in [3.05, 3.63) is 67.1 Å². The molecule has 0 aliphatic carbocycles. The number of hydrogen-bond donors (Lipinski definition) is 0. The number of rotatable bonds is 5. The van der Waals surface area contributed by atoms with Crippen LogP contribution in [0, 0.1) is 6.92 Å². The molecule has 0 aromatic heterocycles. The van der Waals surface area contributed by atoms with Gasteiger partial charge in [-0.15, -0.1) is 0 Å². The van der Waals surface area contributed by atoms with Gasteiger partial charge in [0.15, 0.2) is 0 Å². The van der Waals surface area contributed by atoms with Crippen molar-refractivity contribution in [1.82, 2.24) is 0 Å². The van der Waals surface area contributed by atoms with Crippen LogP contribution in [0.3, 0.4) is 0 Å². The van der Waals surface area contributed by atoms with Crippen molar-refractivity contribution in [1.29, 1.82) is 0 Å². The Morgan fingerprint density at radius 1 is 0.929 bits per heavy atom. The van der Waals surface area contributed by atoms with Crippen LogP contribution in [0.4, 0.5) is 0 Å². The lowest BCUT2D eigenvalue weighted by Gasteiger charge is -1.93. The molecule has 0 aliphatic heterocycles. The van der Waals surface area contributed by atoms with Crippen molar-refractivity contribution in [2.24, 2.45) is 0 Å². The van der Waals surface area contributed by atoms with Gasteiger partial charge in [0.1, 0.15) is 0 Å². The molecule has 0 heteroatoms. The lowest BCUT2D eigenvalue weighted by Crippen LogP contribution is -1.77. The van der Waals surface area contributed by atoms with Crippen molar-refractivity contribution in [3.63, 3.8) is 0 Å². The minimum absolute atomic E-state index is 0.881. The molecule has 0 saturated carbocycles. The van der Waals surface area contributed by atoms with Crippen LogP contribution >= 0.6 is 0 Å². The number of benzene rings is 1. The molecule has 1 rings (SSSR count). The maximum Gasteiger partial charge on any atom is -0.00973 e. The zero-order valence-corrected chi connectivity index (χ0v) is 8.52. The Labute approximate surface area is 87.0 Å². The van der Waals surface area contributed by atoms with Gasteiger partial charge >= 0.3 is 0 Å². The van der Waals surface area contributed by atoms with Crippen LogP contribution in [0.25, 0.3) is 0 Å². The Bertz CT molecular complexity index is 280. The first-order chi connectivity index (χ1) is 6.93. The van der Waals surface area contributed by atoms with Crippen LogP contribution in [-0.4, -0.2) is 0 Å². The standard InChI is InChI=1S/C14H17/c1-2-3-4-5-6-8-11-14-12-9-7-10-13-14/h3-4,6-10,12-13H,1-2,5,11H2/b4-3+,8-6+. The van der Waals surface area contributed by atoms with E-state index in [9.17, 15) is 0 Å². The van der Waals surface area contributed by atoms with E-state index in [0.717, 1.165) is 19.3 Å². The highest BCUT2D eigenvalue weighted by Gasteiger charge is 1.84. The molecule has 0 spiro atoms. The molecule has 1 aromatic carbocycles. The maximum absolute atomic E-state index is 3.74. The van der Waals surface area contributed by atoms with Gasteiger partial charge in [-0.1, -0.05) is 54.6 Å². The molecule has 0 atom stereocenters. The van der Waals surface area contributed by atoms with E-state index in [-0.39, 0.29) is 0 Å². The van der Waals surface area contributed by atoms with E-state index in [4.69, 9.17) is 0 Å². The van der Waals surface area contributed by atoms with E-state index in [1.807, 2.05) is 6.07 Å². The lowest BCUT2D eigenvalue weighted by atomic mass is 10.1. The second kappa shape index (κ2) is 7.14. The fourth-order valence-electron chi connectivity index (χ4n) is 1.22. The van der Waals surface area contributed by atoms with E-state index < -0.39 is 0 Å². The maximum atomic E-state index is 3.74. The summed E-state index contributed by atoms with van der Waals surface area (Å²) in [4.78, 5) is 0. The summed E-state index contributed by atoms with van der Waals surface area (Å²) >= 11 is 0. The first-order valence-corrected chi connectivity index (χ1v) is 5.06. The second-order valence-electron chi connectivity index (χ2n) is 3.16. The molecule has 14 heavy (non-hydrogen) atoms. The van der Waals surface area contributed by atoms with Gasteiger partial charge in [-0.25, -0.2) is 0 Å². The largest absolute Gasteiger partial charge is 0.0882 e. The highest BCUT2D eigenvalue weighted by Crippen LogP contribution is 2.00. The zero-order chi connectivity index (χ0) is 10.1. The topological polar surface area (TPSA) is 0 Å². The Morgan fingerprint density at radius 2 is 1.64 bits per heavy atom. The normalized spacial score (nSPS) is 11.5. The van der Waals surface area contributed by atoms with Gasteiger partial charge in [0.05, 0.1) is 0 Å². The quantitative estimate of drug-likeness (QED) is 0.609. The monoisotopic (exact) mass is 185 g/mol. The summed E-state index contributed by atoms with van der Waals surface area (Å²) in [6.07, 6.45) is 11.6. The smallest absolute Gasteiger partial charge is 0.00973 e. The molecule has 1 aromatic rings. The van der Waals surface area contributed by atoms with Gasteiger partial charge in [0, 0.05) is 0 Å². The molecule has 0 nitrogen and oxygen atoms in total. The fourth-order valence-corrected chi connectivity index (χ4v) is 1.22. The van der Waals surface area contributed by atoms with Gasteiger partial charge in [0.2, 0.25) is 0 Å². The fraction of sp³-hybridized carbons (Fsp3) is 0.214. The molecule has 0 bridgehead atoms. The van der Waals surface area contributed by atoms with Crippen LogP contribution in [-0.2, 0) is 6.42 Å². The van der Waals surface area contributed by atoms with Gasteiger partial charge in [0.25, 0.3) is 0 Å². The van der Waals surface area contributed by atoms with E-state index in [0.29, 0.717) is 0 Å². The Morgan fingerprint density at radius 3 is 2.36 bits per heavy atom. The Kier molecular flexibility index (Phi) is 5.49. The third-order valence-electron chi connectivity index (χ3n) is 1.97. The van der Waals surface area contributed by atoms with Gasteiger partial charge < -0.3 is 0 Å². The molecular formula is C14H17. The average Bonchev–Trinajstić information content (AvgIpc) is 2.25. The molecule has 0 heterocycles. The summed E-state index contributed by atoms with van der Waals surface area (Å²) in [5.41, 5.74) is 1.37. The van der Waals surface area contributed by atoms with E-state index in [1.54, 1.807) is 0 Å². The molecule has 0 N–H and O–H groups in total. The molecule has 73 valence electrons. The first kappa shape index (κ1) is 10.8. The molecule has 0 saturated heterocycles.